The second-order valence-electron chi connectivity index (χ2n) is 9.85. The van der Waals surface area contributed by atoms with E-state index >= 15 is 0 Å². The molecule has 0 spiro atoms. The summed E-state index contributed by atoms with van der Waals surface area (Å²) in [5.74, 6) is -0.549. The average Bonchev–Trinajstić information content (AvgIpc) is 3.32. The maximum absolute atomic E-state index is 13.7. The molecule has 1 aliphatic carbocycles. The number of amides is 2. The molecule has 0 aliphatic heterocycles. The Hall–Kier alpha value is -2.87. The number of carbonyl (C=O) groups excluding carboxylic acids is 2. The van der Waals surface area contributed by atoms with Crippen LogP contribution in [0.5, 0.6) is 0 Å². The molecular weight excluding hydrogens is 474 g/mol. The largest absolute Gasteiger partial charge is 0.352 e. The SMILES string of the molecule is CCC(C(=O)NC1CCCC1)N(CCc1ccccc1)C(=O)CN(c1cc(C)cc(C)c1)S(C)(=O)=O. The molecule has 3 rings (SSSR count). The normalized spacial score (nSPS) is 14.9. The summed E-state index contributed by atoms with van der Waals surface area (Å²) in [4.78, 5) is 28.6. The van der Waals surface area contributed by atoms with Crippen LogP contribution in [0.3, 0.4) is 0 Å². The lowest BCUT2D eigenvalue weighted by molar-refractivity contribution is -0.139. The van der Waals surface area contributed by atoms with E-state index in [1.807, 2.05) is 57.2 Å². The molecule has 1 atom stereocenters. The first-order valence-electron chi connectivity index (χ1n) is 12.8. The quantitative estimate of drug-likeness (QED) is 0.492. The van der Waals surface area contributed by atoms with Crippen molar-refractivity contribution in [1.29, 1.82) is 0 Å². The number of nitrogens with zero attached hydrogens (tertiary/aromatic N) is 2. The number of hydrogen-bond donors (Lipinski definition) is 1. The molecule has 2 amide bonds. The fraction of sp³-hybridized carbons (Fsp3) is 0.500. The van der Waals surface area contributed by atoms with Crippen LogP contribution in [0.2, 0.25) is 0 Å². The first-order chi connectivity index (χ1) is 17.1. The minimum atomic E-state index is -3.73. The summed E-state index contributed by atoms with van der Waals surface area (Å²) in [5.41, 5.74) is 3.33. The van der Waals surface area contributed by atoms with Gasteiger partial charge in [-0.05, 0) is 68.4 Å². The first-order valence-corrected chi connectivity index (χ1v) is 14.6. The minimum Gasteiger partial charge on any atom is -0.352 e. The summed E-state index contributed by atoms with van der Waals surface area (Å²) in [6.45, 7) is 5.64. The number of nitrogens with one attached hydrogen (secondary N) is 1. The first kappa shape index (κ1) is 27.7. The molecule has 0 bridgehead atoms. The monoisotopic (exact) mass is 513 g/mol. The molecule has 8 heteroatoms. The number of carbonyl (C=O) groups is 2. The predicted octanol–water partition coefficient (Wildman–Crippen LogP) is 3.98. The third-order valence-corrected chi connectivity index (χ3v) is 7.89. The predicted molar refractivity (Wildman–Crippen MR) is 144 cm³/mol. The van der Waals surface area contributed by atoms with E-state index in [-0.39, 0.29) is 24.4 Å². The lowest BCUT2D eigenvalue weighted by Gasteiger charge is -2.33. The van der Waals surface area contributed by atoms with Crippen LogP contribution >= 0.6 is 0 Å². The molecule has 0 saturated heterocycles. The molecule has 0 aromatic heterocycles. The summed E-state index contributed by atoms with van der Waals surface area (Å²) >= 11 is 0. The third kappa shape index (κ3) is 7.56. The summed E-state index contributed by atoms with van der Waals surface area (Å²) in [6.07, 6.45) is 6.22. The lowest BCUT2D eigenvalue weighted by atomic mass is 10.1. The van der Waals surface area contributed by atoms with Crippen molar-refractivity contribution >= 4 is 27.5 Å². The van der Waals surface area contributed by atoms with E-state index < -0.39 is 16.1 Å². The number of anilines is 1. The van der Waals surface area contributed by atoms with E-state index in [0.29, 0.717) is 25.1 Å². The van der Waals surface area contributed by atoms with Crippen molar-refractivity contribution < 1.29 is 18.0 Å². The van der Waals surface area contributed by atoms with E-state index in [4.69, 9.17) is 0 Å². The molecule has 196 valence electrons. The summed E-state index contributed by atoms with van der Waals surface area (Å²) < 4.78 is 26.7. The van der Waals surface area contributed by atoms with E-state index in [1.54, 1.807) is 17.0 Å². The van der Waals surface area contributed by atoms with Crippen molar-refractivity contribution in [2.24, 2.45) is 0 Å². The molecule has 0 radical (unpaired) electrons. The highest BCUT2D eigenvalue weighted by molar-refractivity contribution is 7.92. The van der Waals surface area contributed by atoms with E-state index in [2.05, 4.69) is 5.32 Å². The van der Waals surface area contributed by atoms with Crippen LogP contribution in [0.15, 0.2) is 48.5 Å². The van der Waals surface area contributed by atoms with Crippen LogP contribution in [-0.4, -0.2) is 56.6 Å². The molecule has 2 aromatic rings. The molecule has 2 aromatic carbocycles. The Morgan fingerprint density at radius 3 is 2.19 bits per heavy atom. The maximum atomic E-state index is 13.7. The van der Waals surface area contributed by atoms with Gasteiger partial charge in [-0.3, -0.25) is 13.9 Å². The third-order valence-electron chi connectivity index (χ3n) is 6.75. The molecule has 1 N–H and O–H groups in total. The smallest absolute Gasteiger partial charge is 0.244 e. The Kier molecular flexibility index (Phi) is 9.54. The van der Waals surface area contributed by atoms with E-state index in [1.165, 1.54) is 0 Å². The molecule has 7 nitrogen and oxygen atoms in total. The van der Waals surface area contributed by atoms with Gasteiger partial charge in [0.1, 0.15) is 12.6 Å². The van der Waals surface area contributed by atoms with Gasteiger partial charge in [0.05, 0.1) is 11.9 Å². The molecular formula is C28H39N3O4S. The highest BCUT2D eigenvalue weighted by Crippen LogP contribution is 2.23. The Balaban J connectivity index is 1.88. The van der Waals surface area contributed by atoms with Crippen molar-refractivity contribution in [3.8, 4) is 0 Å². The number of benzene rings is 2. The number of hydrogen-bond acceptors (Lipinski definition) is 4. The Morgan fingerprint density at radius 1 is 1.03 bits per heavy atom. The van der Waals surface area contributed by atoms with Crippen molar-refractivity contribution in [3.05, 3.63) is 65.2 Å². The van der Waals surface area contributed by atoms with Crippen LogP contribution in [0.4, 0.5) is 5.69 Å². The van der Waals surface area contributed by atoms with Gasteiger partial charge in [0, 0.05) is 12.6 Å². The highest BCUT2D eigenvalue weighted by Gasteiger charge is 2.32. The molecule has 0 heterocycles. The van der Waals surface area contributed by atoms with Gasteiger partial charge in [0.15, 0.2) is 0 Å². The summed E-state index contributed by atoms with van der Waals surface area (Å²) in [5, 5.41) is 3.13. The Bertz CT molecular complexity index is 1120. The second kappa shape index (κ2) is 12.4. The maximum Gasteiger partial charge on any atom is 0.244 e. The zero-order valence-electron chi connectivity index (χ0n) is 21.9. The van der Waals surface area contributed by atoms with Gasteiger partial charge in [-0.2, -0.15) is 0 Å². The number of rotatable bonds is 11. The zero-order valence-corrected chi connectivity index (χ0v) is 22.7. The van der Waals surface area contributed by atoms with Crippen molar-refractivity contribution in [2.45, 2.75) is 71.4 Å². The average molecular weight is 514 g/mol. The van der Waals surface area contributed by atoms with E-state index in [9.17, 15) is 18.0 Å². The topological polar surface area (TPSA) is 86.8 Å². The van der Waals surface area contributed by atoms with Crippen LogP contribution < -0.4 is 9.62 Å². The molecule has 36 heavy (non-hydrogen) atoms. The minimum absolute atomic E-state index is 0.139. The molecule has 1 unspecified atom stereocenters. The zero-order chi connectivity index (χ0) is 26.3. The summed E-state index contributed by atoms with van der Waals surface area (Å²) in [7, 11) is -3.73. The van der Waals surface area contributed by atoms with Crippen molar-refractivity contribution in [2.75, 3.05) is 23.7 Å². The van der Waals surface area contributed by atoms with Crippen LogP contribution in [-0.2, 0) is 26.0 Å². The number of sulfonamides is 1. The van der Waals surface area contributed by atoms with Gasteiger partial charge in [0.2, 0.25) is 21.8 Å². The van der Waals surface area contributed by atoms with Gasteiger partial charge < -0.3 is 10.2 Å². The highest BCUT2D eigenvalue weighted by atomic mass is 32.2. The van der Waals surface area contributed by atoms with Crippen molar-refractivity contribution in [3.63, 3.8) is 0 Å². The van der Waals surface area contributed by atoms with Crippen molar-refractivity contribution in [1.82, 2.24) is 10.2 Å². The standard InChI is InChI=1S/C28H39N3O4S/c1-5-26(28(33)29-24-13-9-10-14-24)30(16-15-23-11-7-6-8-12-23)27(32)20-31(36(4,34)35)25-18-21(2)17-22(3)19-25/h6-8,11-12,17-19,24,26H,5,9-10,13-16,20H2,1-4H3,(H,29,33). The van der Waals surface area contributed by atoms with Gasteiger partial charge in [-0.15, -0.1) is 0 Å². The van der Waals surface area contributed by atoms with Gasteiger partial charge in [-0.1, -0.05) is 56.2 Å². The second-order valence-corrected chi connectivity index (χ2v) is 11.8. The molecule has 1 aliphatic rings. The van der Waals surface area contributed by atoms with Crippen LogP contribution in [0, 0.1) is 13.8 Å². The fourth-order valence-corrected chi connectivity index (χ4v) is 5.81. The van der Waals surface area contributed by atoms with Gasteiger partial charge in [0.25, 0.3) is 0 Å². The fourth-order valence-electron chi connectivity index (χ4n) is 4.97. The number of aryl methyl sites for hydroxylation is 2. The summed E-state index contributed by atoms with van der Waals surface area (Å²) in [6, 6.07) is 14.7. The lowest BCUT2D eigenvalue weighted by Crippen LogP contribution is -2.54. The Morgan fingerprint density at radius 2 is 1.64 bits per heavy atom. The Labute approximate surface area is 215 Å². The van der Waals surface area contributed by atoms with Gasteiger partial charge >= 0.3 is 0 Å². The molecule has 1 fully saturated rings. The van der Waals surface area contributed by atoms with Crippen LogP contribution in [0.25, 0.3) is 0 Å². The molecule has 1 saturated carbocycles. The van der Waals surface area contributed by atoms with Crippen LogP contribution in [0.1, 0.15) is 55.7 Å². The van der Waals surface area contributed by atoms with Gasteiger partial charge in [-0.25, -0.2) is 8.42 Å². The van der Waals surface area contributed by atoms with E-state index in [0.717, 1.165) is 52.9 Å².